The third kappa shape index (κ3) is 7.22. The standard InChI is InChI=1S/C20H23NO5S/c1-2-25-18-7-4-3-6-17(18)21-19(22)14-27-13-5-12-26-16-10-8-15(9-11-16)20(23)24/h3-4,6-11H,2,5,12-14H2,1H3,(H,21,22)(H,23,24). The number of hydrogen-bond acceptors (Lipinski definition) is 5. The molecule has 0 unspecified atom stereocenters. The SMILES string of the molecule is CCOc1ccccc1NC(=O)CSCCCOc1ccc(C(=O)O)cc1. The lowest BCUT2D eigenvalue weighted by atomic mass is 10.2. The van der Waals surface area contributed by atoms with Crippen molar-refractivity contribution in [3.63, 3.8) is 0 Å². The van der Waals surface area contributed by atoms with Crippen LogP contribution < -0.4 is 14.8 Å². The Morgan fingerprint density at radius 3 is 2.52 bits per heavy atom. The van der Waals surface area contributed by atoms with Crippen molar-refractivity contribution in [2.45, 2.75) is 13.3 Å². The molecular weight excluding hydrogens is 366 g/mol. The smallest absolute Gasteiger partial charge is 0.335 e. The zero-order valence-corrected chi connectivity index (χ0v) is 16.0. The molecule has 2 N–H and O–H groups in total. The Hall–Kier alpha value is -2.67. The van der Waals surface area contributed by atoms with Gasteiger partial charge in [-0.15, -0.1) is 0 Å². The molecule has 2 aromatic carbocycles. The minimum absolute atomic E-state index is 0.0719. The van der Waals surface area contributed by atoms with Crippen LogP contribution >= 0.6 is 11.8 Å². The average molecular weight is 389 g/mol. The van der Waals surface area contributed by atoms with E-state index in [9.17, 15) is 9.59 Å². The van der Waals surface area contributed by atoms with Crippen LogP contribution in [-0.4, -0.2) is 41.7 Å². The molecule has 7 heteroatoms. The van der Waals surface area contributed by atoms with Crippen LogP contribution in [0.4, 0.5) is 5.69 Å². The average Bonchev–Trinajstić information content (AvgIpc) is 2.66. The van der Waals surface area contributed by atoms with E-state index in [1.54, 1.807) is 12.1 Å². The van der Waals surface area contributed by atoms with Crippen molar-refractivity contribution < 1.29 is 24.2 Å². The van der Waals surface area contributed by atoms with Gasteiger partial charge in [-0.25, -0.2) is 4.79 Å². The Labute approximate surface area is 162 Å². The summed E-state index contributed by atoms with van der Waals surface area (Å²) in [6, 6.07) is 13.7. The van der Waals surface area contributed by atoms with E-state index in [0.717, 1.165) is 12.2 Å². The maximum atomic E-state index is 12.0. The van der Waals surface area contributed by atoms with E-state index >= 15 is 0 Å². The lowest BCUT2D eigenvalue weighted by Gasteiger charge is -2.11. The van der Waals surface area contributed by atoms with Crippen molar-refractivity contribution in [2.75, 3.05) is 30.0 Å². The van der Waals surface area contributed by atoms with Crippen LogP contribution in [0, 0.1) is 0 Å². The molecule has 6 nitrogen and oxygen atoms in total. The topological polar surface area (TPSA) is 84.9 Å². The van der Waals surface area contributed by atoms with E-state index in [4.69, 9.17) is 14.6 Å². The fourth-order valence-electron chi connectivity index (χ4n) is 2.25. The van der Waals surface area contributed by atoms with Crippen molar-refractivity contribution >= 4 is 29.3 Å². The van der Waals surface area contributed by atoms with E-state index in [-0.39, 0.29) is 11.5 Å². The minimum atomic E-state index is -0.958. The molecule has 2 rings (SSSR count). The summed E-state index contributed by atoms with van der Waals surface area (Å²) in [6.07, 6.45) is 0.786. The van der Waals surface area contributed by atoms with E-state index in [2.05, 4.69) is 5.32 Å². The molecular formula is C20H23NO5S. The van der Waals surface area contributed by atoms with E-state index in [0.29, 0.717) is 36.2 Å². The summed E-state index contributed by atoms with van der Waals surface area (Å²) in [6.45, 7) is 2.95. The number of thioether (sulfide) groups is 1. The summed E-state index contributed by atoms with van der Waals surface area (Å²) in [4.78, 5) is 22.8. The van der Waals surface area contributed by atoms with Gasteiger partial charge in [-0.1, -0.05) is 12.1 Å². The molecule has 0 bridgehead atoms. The number of aromatic carboxylic acids is 1. The maximum Gasteiger partial charge on any atom is 0.335 e. The normalized spacial score (nSPS) is 10.3. The van der Waals surface area contributed by atoms with Crippen molar-refractivity contribution in [3.05, 3.63) is 54.1 Å². The summed E-state index contributed by atoms with van der Waals surface area (Å²) in [5.41, 5.74) is 0.910. The number of ether oxygens (including phenoxy) is 2. The molecule has 0 radical (unpaired) electrons. The Bertz CT molecular complexity index is 748. The third-order valence-corrected chi connectivity index (χ3v) is 4.54. The van der Waals surface area contributed by atoms with Gasteiger partial charge in [0.25, 0.3) is 0 Å². The maximum absolute atomic E-state index is 12.0. The zero-order chi connectivity index (χ0) is 19.5. The number of amides is 1. The fraction of sp³-hybridized carbons (Fsp3) is 0.300. The number of rotatable bonds is 11. The fourth-order valence-corrected chi connectivity index (χ4v) is 2.97. The van der Waals surface area contributed by atoms with Crippen molar-refractivity contribution in [1.29, 1.82) is 0 Å². The number of carboxylic acid groups (broad SMARTS) is 1. The first-order chi connectivity index (χ1) is 13.1. The lowest BCUT2D eigenvalue weighted by molar-refractivity contribution is -0.113. The highest BCUT2D eigenvalue weighted by molar-refractivity contribution is 7.99. The molecule has 0 heterocycles. The zero-order valence-electron chi connectivity index (χ0n) is 15.1. The molecule has 2 aromatic rings. The van der Waals surface area contributed by atoms with Gasteiger partial charge in [-0.3, -0.25) is 4.79 Å². The van der Waals surface area contributed by atoms with Gasteiger partial charge in [0.15, 0.2) is 0 Å². The third-order valence-electron chi connectivity index (χ3n) is 3.50. The summed E-state index contributed by atoms with van der Waals surface area (Å²) in [7, 11) is 0. The van der Waals surface area contributed by atoms with Crippen LogP contribution in [0.2, 0.25) is 0 Å². The molecule has 0 aliphatic heterocycles. The molecule has 0 saturated carbocycles. The second-order valence-corrected chi connectivity index (χ2v) is 6.67. The van der Waals surface area contributed by atoms with Gasteiger partial charge in [-0.05, 0) is 55.5 Å². The van der Waals surface area contributed by atoms with Crippen LogP contribution in [0.15, 0.2) is 48.5 Å². The second-order valence-electron chi connectivity index (χ2n) is 5.56. The minimum Gasteiger partial charge on any atom is -0.494 e. The van der Waals surface area contributed by atoms with Crippen molar-refractivity contribution in [3.8, 4) is 11.5 Å². The molecule has 0 aromatic heterocycles. The van der Waals surface area contributed by atoms with E-state index in [1.165, 1.54) is 23.9 Å². The largest absolute Gasteiger partial charge is 0.494 e. The number of hydrogen-bond donors (Lipinski definition) is 2. The number of para-hydroxylation sites is 2. The summed E-state index contributed by atoms with van der Waals surface area (Å²) >= 11 is 1.53. The highest BCUT2D eigenvalue weighted by Gasteiger charge is 2.07. The van der Waals surface area contributed by atoms with Crippen LogP contribution in [0.5, 0.6) is 11.5 Å². The molecule has 27 heavy (non-hydrogen) atoms. The first-order valence-corrected chi connectivity index (χ1v) is 9.81. The highest BCUT2D eigenvalue weighted by atomic mass is 32.2. The highest BCUT2D eigenvalue weighted by Crippen LogP contribution is 2.23. The molecule has 0 spiro atoms. The van der Waals surface area contributed by atoms with Gasteiger partial charge < -0.3 is 19.9 Å². The van der Waals surface area contributed by atoms with E-state index in [1.807, 2.05) is 31.2 Å². The van der Waals surface area contributed by atoms with Crippen molar-refractivity contribution in [1.82, 2.24) is 0 Å². The summed E-state index contributed by atoms with van der Waals surface area (Å²) in [5, 5.41) is 11.7. The van der Waals surface area contributed by atoms with E-state index < -0.39 is 5.97 Å². The van der Waals surface area contributed by atoms with Crippen LogP contribution in [0.1, 0.15) is 23.7 Å². The van der Waals surface area contributed by atoms with Crippen LogP contribution in [0.3, 0.4) is 0 Å². The van der Waals surface area contributed by atoms with Crippen LogP contribution in [0.25, 0.3) is 0 Å². The molecule has 0 atom stereocenters. The number of benzene rings is 2. The Morgan fingerprint density at radius 1 is 1.07 bits per heavy atom. The van der Waals surface area contributed by atoms with Gasteiger partial charge in [-0.2, -0.15) is 11.8 Å². The molecule has 0 aliphatic carbocycles. The molecule has 0 aliphatic rings. The monoisotopic (exact) mass is 389 g/mol. The summed E-state index contributed by atoms with van der Waals surface area (Å²) < 4.78 is 11.1. The van der Waals surface area contributed by atoms with Gasteiger partial charge in [0, 0.05) is 0 Å². The van der Waals surface area contributed by atoms with Gasteiger partial charge in [0.1, 0.15) is 11.5 Å². The Kier molecular flexibility index (Phi) is 8.51. The predicted octanol–water partition coefficient (Wildman–Crippen LogP) is 3.92. The Balaban J connectivity index is 1.62. The Morgan fingerprint density at radius 2 is 1.81 bits per heavy atom. The predicted molar refractivity (Wildman–Crippen MR) is 107 cm³/mol. The molecule has 0 saturated heterocycles. The molecule has 0 fully saturated rings. The summed E-state index contributed by atoms with van der Waals surface area (Å²) in [5.74, 6) is 1.41. The number of anilines is 1. The lowest BCUT2D eigenvalue weighted by Crippen LogP contribution is -2.15. The number of carboxylic acids is 1. The van der Waals surface area contributed by atoms with Gasteiger partial charge in [0.2, 0.25) is 5.91 Å². The van der Waals surface area contributed by atoms with Gasteiger partial charge in [0.05, 0.1) is 30.2 Å². The molecule has 1 amide bonds. The number of carbonyl (C=O) groups is 2. The van der Waals surface area contributed by atoms with Crippen molar-refractivity contribution in [2.24, 2.45) is 0 Å². The van der Waals surface area contributed by atoms with Crippen LogP contribution in [-0.2, 0) is 4.79 Å². The quantitative estimate of drug-likeness (QED) is 0.567. The number of nitrogens with one attached hydrogen (secondary N) is 1. The molecule has 144 valence electrons. The number of carbonyl (C=O) groups excluding carboxylic acids is 1. The first kappa shape index (κ1) is 20.6. The second kappa shape index (κ2) is 11.1. The first-order valence-electron chi connectivity index (χ1n) is 8.65. The van der Waals surface area contributed by atoms with Gasteiger partial charge >= 0.3 is 5.97 Å².